The van der Waals surface area contributed by atoms with E-state index in [9.17, 15) is 0 Å². The first-order chi connectivity index (χ1) is 8.51. The minimum Gasteiger partial charge on any atom is -0.192 e. The molecule has 0 heterocycles. The van der Waals surface area contributed by atoms with Crippen molar-refractivity contribution in [1.82, 2.24) is 0 Å². The van der Waals surface area contributed by atoms with Crippen molar-refractivity contribution in [2.45, 2.75) is 0 Å². The fraction of sp³-hybridized carbons (Fsp3) is 0. The van der Waals surface area contributed by atoms with Crippen LogP contribution in [0.15, 0.2) is 30.3 Å². The molecule has 90 valence electrons. The van der Waals surface area contributed by atoms with Crippen molar-refractivity contribution in [3.8, 4) is 17.2 Å². The molecule has 0 atom stereocenters. The van der Waals surface area contributed by atoms with Gasteiger partial charge in [0.05, 0.1) is 26.7 Å². The first-order valence-corrected chi connectivity index (χ1v) is 6.38. The van der Waals surface area contributed by atoms with Crippen molar-refractivity contribution in [2.24, 2.45) is 0 Å². The van der Waals surface area contributed by atoms with Gasteiger partial charge < -0.3 is 0 Å². The molecule has 0 unspecified atom stereocenters. The van der Waals surface area contributed by atoms with Crippen LogP contribution in [0.25, 0.3) is 11.1 Å². The molecule has 0 fully saturated rings. The van der Waals surface area contributed by atoms with Crippen molar-refractivity contribution in [1.29, 1.82) is 5.26 Å². The van der Waals surface area contributed by atoms with Gasteiger partial charge in [-0.1, -0.05) is 46.4 Å². The molecule has 2 aromatic rings. The summed E-state index contributed by atoms with van der Waals surface area (Å²) in [6.45, 7) is 0. The zero-order valence-corrected chi connectivity index (χ0v) is 11.9. The highest BCUT2D eigenvalue weighted by atomic mass is 35.5. The zero-order valence-electron chi connectivity index (χ0n) is 8.85. The number of nitriles is 1. The van der Waals surface area contributed by atoms with Gasteiger partial charge in [0.1, 0.15) is 0 Å². The molecule has 0 aromatic heterocycles. The zero-order chi connectivity index (χ0) is 13.3. The summed E-state index contributed by atoms with van der Waals surface area (Å²) in [5.74, 6) is 0. The van der Waals surface area contributed by atoms with Crippen LogP contribution in [0.5, 0.6) is 0 Å². The maximum absolute atomic E-state index is 8.90. The monoisotopic (exact) mass is 315 g/mol. The highest BCUT2D eigenvalue weighted by molar-refractivity contribution is 6.48. The maximum Gasteiger partial charge on any atom is 0.0992 e. The van der Waals surface area contributed by atoms with E-state index in [1.54, 1.807) is 30.3 Å². The normalized spacial score (nSPS) is 10.2. The molecule has 0 spiro atoms. The highest BCUT2D eigenvalue weighted by Gasteiger charge is 2.09. The molecule has 2 aromatic carbocycles. The van der Waals surface area contributed by atoms with E-state index in [0.717, 1.165) is 11.1 Å². The number of hydrogen-bond donors (Lipinski definition) is 0. The summed E-state index contributed by atoms with van der Waals surface area (Å²) in [6, 6.07) is 10.4. The summed E-state index contributed by atoms with van der Waals surface area (Å²) in [7, 11) is 0. The quantitative estimate of drug-likeness (QED) is 0.606. The van der Waals surface area contributed by atoms with Gasteiger partial charge in [-0.3, -0.25) is 0 Å². The van der Waals surface area contributed by atoms with Crippen molar-refractivity contribution in [3.05, 3.63) is 56.0 Å². The molecule has 0 aliphatic rings. The Morgan fingerprint density at radius 2 is 1.33 bits per heavy atom. The molecule has 0 aliphatic carbocycles. The Kier molecular flexibility index (Phi) is 4.04. The third kappa shape index (κ3) is 2.74. The van der Waals surface area contributed by atoms with Gasteiger partial charge in [-0.25, -0.2) is 0 Å². The third-order valence-corrected chi connectivity index (χ3v) is 3.76. The average Bonchev–Trinajstić information content (AvgIpc) is 2.34. The van der Waals surface area contributed by atoms with Crippen LogP contribution in [-0.2, 0) is 0 Å². The Morgan fingerprint density at radius 3 is 1.89 bits per heavy atom. The van der Waals surface area contributed by atoms with Gasteiger partial charge in [0.25, 0.3) is 0 Å². The second-order valence-electron chi connectivity index (χ2n) is 3.59. The number of halogens is 4. The van der Waals surface area contributed by atoms with Gasteiger partial charge in [0.15, 0.2) is 0 Å². The number of hydrogen-bond acceptors (Lipinski definition) is 1. The number of benzene rings is 2. The summed E-state index contributed by atoms with van der Waals surface area (Å²) in [5, 5.41) is 10.4. The SMILES string of the molecule is N#Cc1cc(Cl)cc(-c2cc(Cl)c(Cl)c(Cl)c2)c1. The van der Waals surface area contributed by atoms with E-state index in [-0.39, 0.29) is 0 Å². The Bertz CT molecular complexity index is 636. The predicted molar refractivity (Wildman–Crippen MR) is 76.6 cm³/mol. The van der Waals surface area contributed by atoms with E-state index in [4.69, 9.17) is 51.7 Å². The highest BCUT2D eigenvalue weighted by Crippen LogP contribution is 2.35. The lowest BCUT2D eigenvalue weighted by atomic mass is 10.0. The van der Waals surface area contributed by atoms with Gasteiger partial charge in [0, 0.05) is 5.02 Å². The molecular weight excluding hydrogens is 312 g/mol. The second-order valence-corrected chi connectivity index (χ2v) is 5.22. The van der Waals surface area contributed by atoms with E-state index in [0.29, 0.717) is 25.7 Å². The Hall–Kier alpha value is -0.910. The van der Waals surface area contributed by atoms with Crippen molar-refractivity contribution < 1.29 is 0 Å². The molecule has 0 saturated carbocycles. The molecule has 0 radical (unpaired) electrons. The maximum atomic E-state index is 8.90. The van der Waals surface area contributed by atoms with Crippen LogP contribution in [0.4, 0.5) is 0 Å². The van der Waals surface area contributed by atoms with Crippen molar-refractivity contribution >= 4 is 46.4 Å². The van der Waals surface area contributed by atoms with Gasteiger partial charge in [-0.2, -0.15) is 5.26 Å². The van der Waals surface area contributed by atoms with E-state index in [2.05, 4.69) is 0 Å². The van der Waals surface area contributed by atoms with Gasteiger partial charge in [-0.05, 0) is 41.5 Å². The van der Waals surface area contributed by atoms with E-state index < -0.39 is 0 Å². The topological polar surface area (TPSA) is 23.8 Å². The molecule has 0 saturated heterocycles. The van der Waals surface area contributed by atoms with Crippen LogP contribution in [0.1, 0.15) is 5.56 Å². The molecule has 0 bridgehead atoms. The van der Waals surface area contributed by atoms with Crippen LogP contribution >= 0.6 is 46.4 Å². The number of nitrogens with zero attached hydrogens (tertiary/aromatic N) is 1. The molecular formula is C13H5Cl4N. The fourth-order valence-electron chi connectivity index (χ4n) is 1.54. The van der Waals surface area contributed by atoms with Gasteiger partial charge in [0.2, 0.25) is 0 Å². The van der Waals surface area contributed by atoms with Crippen molar-refractivity contribution in [2.75, 3.05) is 0 Å². The summed E-state index contributed by atoms with van der Waals surface area (Å²) >= 11 is 23.8. The average molecular weight is 317 g/mol. The minimum atomic E-state index is 0.310. The van der Waals surface area contributed by atoms with E-state index in [1.807, 2.05) is 6.07 Å². The predicted octanol–water partition coefficient (Wildman–Crippen LogP) is 5.84. The minimum absolute atomic E-state index is 0.310. The van der Waals surface area contributed by atoms with Crippen LogP contribution in [-0.4, -0.2) is 0 Å². The molecule has 0 amide bonds. The lowest BCUT2D eigenvalue weighted by Gasteiger charge is -2.07. The number of rotatable bonds is 1. The van der Waals surface area contributed by atoms with E-state index in [1.165, 1.54) is 0 Å². The fourth-order valence-corrected chi connectivity index (χ4v) is 2.37. The summed E-state index contributed by atoms with van der Waals surface area (Å²) < 4.78 is 0. The molecule has 0 N–H and O–H groups in total. The summed E-state index contributed by atoms with van der Waals surface area (Å²) in [5.41, 5.74) is 1.99. The van der Waals surface area contributed by atoms with Crippen molar-refractivity contribution in [3.63, 3.8) is 0 Å². The smallest absolute Gasteiger partial charge is 0.0992 e. The first-order valence-electron chi connectivity index (χ1n) is 4.87. The van der Waals surface area contributed by atoms with Crippen LogP contribution in [0, 0.1) is 11.3 Å². The molecule has 18 heavy (non-hydrogen) atoms. The van der Waals surface area contributed by atoms with E-state index >= 15 is 0 Å². The Labute approximate surface area is 124 Å². The largest absolute Gasteiger partial charge is 0.192 e. The standard InChI is InChI=1S/C13H5Cl4N/c14-10-2-7(6-18)1-8(3-10)9-4-11(15)13(17)12(16)5-9/h1-5H. The van der Waals surface area contributed by atoms with Crippen LogP contribution in [0.2, 0.25) is 20.1 Å². The van der Waals surface area contributed by atoms with Crippen LogP contribution in [0.3, 0.4) is 0 Å². The van der Waals surface area contributed by atoms with Gasteiger partial charge in [-0.15, -0.1) is 0 Å². The summed E-state index contributed by atoms with van der Waals surface area (Å²) in [4.78, 5) is 0. The molecule has 0 aliphatic heterocycles. The second kappa shape index (κ2) is 5.38. The Balaban J connectivity index is 2.62. The molecule has 2 rings (SSSR count). The van der Waals surface area contributed by atoms with Gasteiger partial charge >= 0.3 is 0 Å². The summed E-state index contributed by atoms with van der Waals surface area (Å²) in [6.07, 6.45) is 0. The first kappa shape index (κ1) is 13.5. The lowest BCUT2D eigenvalue weighted by Crippen LogP contribution is -1.83. The molecule has 5 heteroatoms. The van der Waals surface area contributed by atoms with Crippen LogP contribution < -0.4 is 0 Å². The third-order valence-electron chi connectivity index (χ3n) is 2.34. The lowest BCUT2D eigenvalue weighted by molar-refractivity contribution is 1.48. The molecule has 1 nitrogen and oxygen atoms in total. The Morgan fingerprint density at radius 1 is 0.778 bits per heavy atom.